The Morgan fingerprint density at radius 2 is 1.87 bits per heavy atom. The summed E-state index contributed by atoms with van der Waals surface area (Å²) in [7, 11) is 1.44. The van der Waals surface area contributed by atoms with Gasteiger partial charge in [0.05, 0.1) is 25.7 Å². The van der Waals surface area contributed by atoms with Gasteiger partial charge in [-0.3, -0.25) is 4.79 Å². The van der Waals surface area contributed by atoms with Gasteiger partial charge in [0.2, 0.25) is 0 Å². The molecular formula is C24H29NO5. The van der Waals surface area contributed by atoms with Crippen LogP contribution in [0.25, 0.3) is 0 Å². The molecule has 6 heteroatoms. The first-order valence-corrected chi connectivity index (χ1v) is 10.6. The molecule has 0 radical (unpaired) electrons. The Balaban J connectivity index is 1.29. The van der Waals surface area contributed by atoms with Crippen molar-refractivity contribution in [1.29, 1.82) is 0 Å². The Kier molecular flexibility index (Phi) is 6.87. The molecule has 0 saturated carbocycles. The number of benzene rings is 2. The molecule has 3 atom stereocenters. The number of hydrogen-bond donors (Lipinski definition) is 0. The molecule has 160 valence electrons. The second kappa shape index (κ2) is 9.96. The minimum atomic E-state index is -0.281. The third-order valence-corrected chi connectivity index (χ3v) is 5.78. The summed E-state index contributed by atoms with van der Waals surface area (Å²) in [4.78, 5) is 14.7. The number of hydrogen-bond acceptors (Lipinski definition) is 6. The van der Waals surface area contributed by atoms with Crippen LogP contribution in [0.1, 0.15) is 18.4 Å². The molecule has 6 nitrogen and oxygen atoms in total. The van der Waals surface area contributed by atoms with Crippen LogP contribution >= 0.6 is 0 Å². The van der Waals surface area contributed by atoms with Crippen LogP contribution in [0.4, 0.5) is 0 Å². The number of rotatable bonds is 7. The maximum Gasteiger partial charge on any atom is 0.312 e. The number of ether oxygens (including phenoxy) is 4. The third-order valence-electron chi connectivity index (χ3n) is 5.78. The molecule has 0 aliphatic carbocycles. The minimum Gasteiger partial charge on any atom is -0.486 e. The van der Waals surface area contributed by atoms with Crippen LogP contribution in [0.5, 0.6) is 11.5 Å². The van der Waals surface area contributed by atoms with Crippen molar-refractivity contribution in [1.82, 2.24) is 4.90 Å². The molecule has 0 spiro atoms. The third kappa shape index (κ3) is 5.12. The SMILES string of the molecule is COC(=O)[C@H]1CN(CCC2COc3ccccc3O2)CC[C@@H]1OCc1ccccc1. The van der Waals surface area contributed by atoms with E-state index in [4.69, 9.17) is 18.9 Å². The zero-order chi connectivity index (χ0) is 20.8. The first-order valence-electron chi connectivity index (χ1n) is 10.6. The van der Waals surface area contributed by atoms with Crippen LogP contribution < -0.4 is 9.47 Å². The predicted octanol–water partition coefficient (Wildman–Crippen LogP) is 3.30. The summed E-state index contributed by atoms with van der Waals surface area (Å²) in [6, 6.07) is 17.8. The van der Waals surface area contributed by atoms with E-state index < -0.39 is 0 Å². The van der Waals surface area contributed by atoms with E-state index in [2.05, 4.69) is 4.90 Å². The van der Waals surface area contributed by atoms with Crippen molar-refractivity contribution < 1.29 is 23.7 Å². The maximum absolute atomic E-state index is 12.4. The fourth-order valence-electron chi connectivity index (χ4n) is 4.09. The quantitative estimate of drug-likeness (QED) is 0.652. The molecule has 0 N–H and O–H groups in total. The van der Waals surface area contributed by atoms with Crippen molar-refractivity contribution in [3.05, 3.63) is 60.2 Å². The van der Waals surface area contributed by atoms with Crippen molar-refractivity contribution in [3.63, 3.8) is 0 Å². The Bertz CT molecular complexity index is 827. The molecular weight excluding hydrogens is 382 g/mol. The smallest absolute Gasteiger partial charge is 0.312 e. The zero-order valence-electron chi connectivity index (χ0n) is 17.4. The molecule has 0 amide bonds. The monoisotopic (exact) mass is 411 g/mol. The number of piperidine rings is 1. The fourth-order valence-corrected chi connectivity index (χ4v) is 4.09. The van der Waals surface area contributed by atoms with E-state index in [9.17, 15) is 4.79 Å². The van der Waals surface area contributed by atoms with Gasteiger partial charge in [0.15, 0.2) is 11.5 Å². The van der Waals surface area contributed by atoms with Crippen molar-refractivity contribution in [2.75, 3.05) is 33.4 Å². The molecule has 0 bridgehead atoms. The number of likely N-dealkylation sites (tertiary alicyclic amines) is 1. The lowest BCUT2D eigenvalue weighted by Crippen LogP contribution is -2.48. The lowest BCUT2D eigenvalue weighted by molar-refractivity contribution is -0.156. The number of carbonyl (C=O) groups is 1. The van der Waals surface area contributed by atoms with Crippen molar-refractivity contribution in [2.45, 2.75) is 31.7 Å². The molecule has 1 saturated heterocycles. The second-order valence-electron chi connectivity index (χ2n) is 7.84. The summed E-state index contributed by atoms with van der Waals surface area (Å²) < 4.78 is 23.0. The zero-order valence-corrected chi connectivity index (χ0v) is 17.4. The number of para-hydroxylation sites is 2. The van der Waals surface area contributed by atoms with Crippen LogP contribution in [0, 0.1) is 5.92 Å². The standard InChI is InChI=1S/C24H29NO5/c1-27-24(26)20-15-25(14-12-21(20)28-16-18-7-3-2-4-8-18)13-11-19-17-29-22-9-5-6-10-23(22)30-19/h2-10,19-21H,11-17H2,1H3/t19?,20-,21-/m0/s1. The molecule has 4 rings (SSSR count). The highest BCUT2D eigenvalue weighted by Gasteiger charge is 2.36. The maximum atomic E-state index is 12.4. The highest BCUT2D eigenvalue weighted by molar-refractivity contribution is 5.73. The number of nitrogens with zero attached hydrogens (tertiary/aromatic N) is 1. The molecule has 30 heavy (non-hydrogen) atoms. The van der Waals surface area contributed by atoms with Crippen LogP contribution in [0.3, 0.4) is 0 Å². The van der Waals surface area contributed by atoms with Crippen LogP contribution in [-0.2, 0) is 20.9 Å². The van der Waals surface area contributed by atoms with E-state index in [0.717, 1.165) is 43.0 Å². The van der Waals surface area contributed by atoms with Crippen molar-refractivity contribution in [3.8, 4) is 11.5 Å². The molecule has 2 aromatic rings. The van der Waals surface area contributed by atoms with Gasteiger partial charge in [-0.15, -0.1) is 0 Å². The molecule has 1 fully saturated rings. The Labute approximate surface area is 177 Å². The Hall–Kier alpha value is -2.57. The van der Waals surface area contributed by atoms with Crippen LogP contribution in [-0.4, -0.2) is 56.4 Å². The lowest BCUT2D eigenvalue weighted by atomic mass is 9.94. The normalized spacial score (nSPS) is 23.7. The number of esters is 1. The fraction of sp³-hybridized carbons (Fsp3) is 0.458. The average molecular weight is 411 g/mol. The van der Waals surface area contributed by atoms with Crippen molar-refractivity contribution in [2.24, 2.45) is 5.92 Å². The van der Waals surface area contributed by atoms with Gasteiger partial charge in [-0.1, -0.05) is 42.5 Å². The molecule has 0 aromatic heterocycles. The summed E-state index contributed by atoms with van der Waals surface area (Å²) >= 11 is 0. The summed E-state index contributed by atoms with van der Waals surface area (Å²) in [6.45, 7) is 3.42. The predicted molar refractivity (Wildman–Crippen MR) is 113 cm³/mol. The second-order valence-corrected chi connectivity index (χ2v) is 7.84. The van der Waals surface area contributed by atoms with Crippen LogP contribution in [0.2, 0.25) is 0 Å². The highest BCUT2D eigenvalue weighted by Crippen LogP contribution is 2.32. The summed E-state index contributed by atoms with van der Waals surface area (Å²) in [5.41, 5.74) is 1.11. The van der Waals surface area contributed by atoms with E-state index in [1.807, 2.05) is 54.6 Å². The van der Waals surface area contributed by atoms with Gasteiger partial charge in [0.1, 0.15) is 12.7 Å². The average Bonchev–Trinajstić information content (AvgIpc) is 2.81. The topological polar surface area (TPSA) is 57.2 Å². The first kappa shape index (κ1) is 20.7. The Morgan fingerprint density at radius 1 is 1.10 bits per heavy atom. The van der Waals surface area contributed by atoms with E-state index in [-0.39, 0.29) is 24.1 Å². The molecule has 2 aliphatic heterocycles. The number of methoxy groups -OCH3 is 1. The van der Waals surface area contributed by atoms with Gasteiger partial charge in [-0.2, -0.15) is 0 Å². The van der Waals surface area contributed by atoms with Gasteiger partial charge < -0.3 is 23.8 Å². The van der Waals surface area contributed by atoms with Gasteiger partial charge >= 0.3 is 5.97 Å². The number of fused-ring (bicyclic) bond motifs is 1. The summed E-state index contributed by atoms with van der Waals surface area (Å²) in [5, 5.41) is 0. The summed E-state index contributed by atoms with van der Waals surface area (Å²) in [5.74, 6) is 1.12. The summed E-state index contributed by atoms with van der Waals surface area (Å²) in [6.07, 6.45) is 1.54. The van der Waals surface area contributed by atoms with E-state index in [1.165, 1.54) is 7.11 Å². The Morgan fingerprint density at radius 3 is 2.67 bits per heavy atom. The minimum absolute atomic E-state index is 0.0172. The van der Waals surface area contributed by atoms with Crippen molar-refractivity contribution >= 4 is 5.97 Å². The number of carbonyl (C=O) groups excluding carboxylic acids is 1. The first-order chi connectivity index (χ1) is 14.7. The lowest BCUT2D eigenvalue weighted by Gasteiger charge is -2.37. The molecule has 2 heterocycles. The molecule has 2 aliphatic rings. The largest absolute Gasteiger partial charge is 0.486 e. The van der Waals surface area contributed by atoms with Gasteiger partial charge in [0.25, 0.3) is 0 Å². The highest BCUT2D eigenvalue weighted by atomic mass is 16.6. The van der Waals surface area contributed by atoms with Gasteiger partial charge in [-0.25, -0.2) is 0 Å². The molecule has 2 aromatic carbocycles. The van der Waals surface area contributed by atoms with E-state index in [1.54, 1.807) is 0 Å². The van der Waals surface area contributed by atoms with Crippen LogP contribution in [0.15, 0.2) is 54.6 Å². The van der Waals surface area contributed by atoms with E-state index >= 15 is 0 Å². The van der Waals surface area contributed by atoms with E-state index in [0.29, 0.717) is 19.8 Å². The molecule has 1 unspecified atom stereocenters. The van der Waals surface area contributed by atoms with Gasteiger partial charge in [-0.05, 0) is 24.1 Å². The van der Waals surface area contributed by atoms with Gasteiger partial charge in [0, 0.05) is 26.1 Å².